The van der Waals surface area contributed by atoms with Gasteiger partial charge in [0.05, 0.1) is 5.75 Å². The van der Waals surface area contributed by atoms with Gasteiger partial charge in [0, 0.05) is 28.7 Å². The number of aryl methyl sites for hydroxylation is 2. The molecular formula is C15H19N3O3S. The molecule has 22 heavy (non-hydrogen) atoms. The van der Waals surface area contributed by atoms with E-state index < -0.39 is 10.0 Å². The van der Waals surface area contributed by atoms with Crippen LogP contribution in [0.25, 0.3) is 10.9 Å². The van der Waals surface area contributed by atoms with Crippen molar-refractivity contribution in [3.8, 4) is 0 Å². The van der Waals surface area contributed by atoms with Gasteiger partial charge in [-0.2, -0.15) is 0 Å². The van der Waals surface area contributed by atoms with Gasteiger partial charge in [0.25, 0.3) is 5.91 Å². The number of fused-ring (bicyclic) bond motifs is 3. The van der Waals surface area contributed by atoms with Gasteiger partial charge in [-0.25, -0.2) is 13.6 Å². The Labute approximate surface area is 129 Å². The Kier molecular flexibility index (Phi) is 3.92. The zero-order valence-corrected chi connectivity index (χ0v) is 13.0. The molecule has 0 atom stereocenters. The van der Waals surface area contributed by atoms with Crippen LogP contribution in [0, 0.1) is 0 Å². The highest BCUT2D eigenvalue weighted by molar-refractivity contribution is 7.89. The van der Waals surface area contributed by atoms with Crippen molar-refractivity contribution in [2.45, 2.75) is 25.7 Å². The molecule has 1 aromatic heterocycles. The van der Waals surface area contributed by atoms with E-state index in [0.29, 0.717) is 5.56 Å². The minimum atomic E-state index is -3.56. The van der Waals surface area contributed by atoms with Crippen molar-refractivity contribution in [2.75, 3.05) is 12.3 Å². The lowest BCUT2D eigenvalue weighted by atomic mass is 9.95. The summed E-state index contributed by atoms with van der Waals surface area (Å²) < 4.78 is 21.7. The zero-order chi connectivity index (χ0) is 15.7. The van der Waals surface area contributed by atoms with Crippen molar-refractivity contribution in [1.82, 2.24) is 10.3 Å². The average molecular weight is 321 g/mol. The Hall–Kier alpha value is -1.86. The number of aromatic nitrogens is 1. The molecular weight excluding hydrogens is 302 g/mol. The van der Waals surface area contributed by atoms with Gasteiger partial charge >= 0.3 is 0 Å². The Morgan fingerprint density at radius 3 is 2.82 bits per heavy atom. The number of amides is 1. The first kappa shape index (κ1) is 15.1. The Morgan fingerprint density at radius 2 is 2.05 bits per heavy atom. The number of nitrogens with two attached hydrogens (primary N) is 1. The third kappa shape index (κ3) is 3.15. The maximum atomic E-state index is 12.1. The normalized spacial score (nSPS) is 14.8. The SMILES string of the molecule is NS(=O)(=O)CCNC(=O)c1ccc2[nH]c3c(c2c1)CCCC3. The molecule has 0 aliphatic heterocycles. The first-order valence-electron chi connectivity index (χ1n) is 7.36. The van der Waals surface area contributed by atoms with Crippen LogP contribution in [0.3, 0.4) is 0 Å². The standard InChI is InChI=1S/C15H19N3O3S/c16-22(20,21)8-7-17-15(19)10-5-6-14-12(9-10)11-3-1-2-4-13(11)18-14/h5-6,9,18H,1-4,7-8H2,(H,17,19)(H2,16,20,21). The number of rotatable bonds is 4. The van der Waals surface area contributed by atoms with Gasteiger partial charge in [0.2, 0.25) is 10.0 Å². The molecule has 1 aliphatic carbocycles. The number of benzene rings is 1. The number of hydrogen-bond acceptors (Lipinski definition) is 3. The van der Waals surface area contributed by atoms with Crippen molar-refractivity contribution in [3.63, 3.8) is 0 Å². The maximum Gasteiger partial charge on any atom is 0.251 e. The van der Waals surface area contributed by atoms with Crippen molar-refractivity contribution in [2.24, 2.45) is 5.14 Å². The van der Waals surface area contributed by atoms with Gasteiger partial charge in [-0.05, 0) is 49.4 Å². The number of carbonyl (C=O) groups is 1. The van der Waals surface area contributed by atoms with Gasteiger partial charge in [-0.1, -0.05) is 0 Å². The topological polar surface area (TPSA) is 105 Å². The highest BCUT2D eigenvalue weighted by Gasteiger charge is 2.16. The fourth-order valence-electron chi connectivity index (χ4n) is 2.96. The summed E-state index contributed by atoms with van der Waals surface area (Å²) >= 11 is 0. The van der Waals surface area contributed by atoms with E-state index in [9.17, 15) is 13.2 Å². The summed E-state index contributed by atoms with van der Waals surface area (Å²) in [5, 5.41) is 8.59. The molecule has 118 valence electrons. The van der Waals surface area contributed by atoms with Crippen molar-refractivity contribution in [3.05, 3.63) is 35.0 Å². The Balaban J connectivity index is 1.80. The van der Waals surface area contributed by atoms with E-state index in [1.807, 2.05) is 12.1 Å². The second-order valence-corrected chi connectivity index (χ2v) is 7.41. The number of nitrogens with one attached hydrogen (secondary N) is 2. The van der Waals surface area contributed by atoms with Crippen LogP contribution >= 0.6 is 0 Å². The molecule has 6 nitrogen and oxygen atoms in total. The summed E-state index contributed by atoms with van der Waals surface area (Å²) in [6, 6.07) is 5.53. The lowest BCUT2D eigenvalue weighted by Gasteiger charge is -2.10. The summed E-state index contributed by atoms with van der Waals surface area (Å²) in [6.07, 6.45) is 4.46. The molecule has 0 saturated heterocycles. The molecule has 1 aromatic carbocycles. The van der Waals surface area contributed by atoms with Gasteiger partial charge in [-0.3, -0.25) is 4.79 Å². The zero-order valence-electron chi connectivity index (χ0n) is 12.2. The van der Waals surface area contributed by atoms with Crippen LogP contribution in [0.1, 0.15) is 34.5 Å². The summed E-state index contributed by atoms with van der Waals surface area (Å²) in [7, 11) is -3.56. The van der Waals surface area contributed by atoms with E-state index >= 15 is 0 Å². The van der Waals surface area contributed by atoms with Crippen LogP contribution in [0.4, 0.5) is 0 Å². The Bertz CT molecular complexity index is 824. The summed E-state index contributed by atoms with van der Waals surface area (Å²) in [6.45, 7) is 0.0148. The predicted molar refractivity (Wildman–Crippen MR) is 85.2 cm³/mol. The van der Waals surface area contributed by atoms with E-state index in [1.54, 1.807) is 6.07 Å². The summed E-state index contributed by atoms with van der Waals surface area (Å²) in [5.41, 5.74) is 4.16. The quantitative estimate of drug-likeness (QED) is 0.784. The predicted octanol–water partition coefficient (Wildman–Crippen LogP) is 1.07. The number of hydrogen-bond donors (Lipinski definition) is 3. The molecule has 1 heterocycles. The fraction of sp³-hybridized carbons (Fsp3) is 0.400. The number of aromatic amines is 1. The molecule has 7 heteroatoms. The van der Waals surface area contributed by atoms with Gasteiger partial charge in [-0.15, -0.1) is 0 Å². The molecule has 4 N–H and O–H groups in total. The smallest absolute Gasteiger partial charge is 0.251 e. The lowest BCUT2D eigenvalue weighted by molar-refractivity contribution is 0.0956. The highest BCUT2D eigenvalue weighted by atomic mass is 32.2. The van der Waals surface area contributed by atoms with Crippen molar-refractivity contribution in [1.29, 1.82) is 0 Å². The van der Waals surface area contributed by atoms with E-state index in [4.69, 9.17) is 5.14 Å². The minimum absolute atomic E-state index is 0.0148. The van der Waals surface area contributed by atoms with E-state index in [2.05, 4.69) is 10.3 Å². The lowest BCUT2D eigenvalue weighted by Crippen LogP contribution is -2.31. The first-order valence-corrected chi connectivity index (χ1v) is 9.08. The maximum absolute atomic E-state index is 12.1. The molecule has 2 aromatic rings. The summed E-state index contributed by atoms with van der Waals surface area (Å²) in [4.78, 5) is 15.5. The highest BCUT2D eigenvalue weighted by Crippen LogP contribution is 2.29. The minimum Gasteiger partial charge on any atom is -0.358 e. The number of primary sulfonamides is 1. The molecule has 0 bridgehead atoms. The number of H-pyrrole nitrogens is 1. The molecule has 3 rings (SSSR count). The van der Waals surface area contributed by atoms with Gasteiger partial charge < -0.3 is 10.3 Å². The van der Waals surface area contributed by atoms with Gasteiger partial charge in [0.1, 0.15) is 0 Å². The van der Waals surface area contributed by atoms with E-state index in [0.717, 1.165) is 23.7 Å². The molecule has 1 aliphatic rings. The van der Waals surface area contributed by atoms with Crippen LogP contribution < -0.4 is 10.5 Å². The molecule has 0 radical (unpaired) electrons. The number of carbonyl (C=O) groups excluding carboxylic acids is 1. The molecule has 0 fully saturated rings. The molecule has 0 unspecified atom stereocenters. The van der Waals surface area contributed by atoms with Crippen LogP contribution in [0.5, 0.6) is 0 Å². The van der Waals surface area contributed by atoms with E-state index in [1.165, 1.54) is 24.1 Å². The third-order valence-electron chi connectivity index (χ3n) is 4.03. The van der Waals surface area contributed by atoms with Crippen LogP contribution in [0.2, 0.25) is 0 Å². The largest absolute Gasteiger partial charge is 0.358 e. The number of sulfonamides is 1. The van der Waals surface area contributed by atoms with Crippen LogP contribution in [-0.2, 0) is 22.9 Å². The third-order valence-corrected chi connectivity index (χ3v) is 4.81. The van der Waals surface area contributed by atoms with Crippen molar-refractivity contribution < 1.29 is 13.2 Å². The van der Waals surface area contributed by atoms with Crippen LogP contribution in [-0.4, -0.2) is 31.6 Å². The van der Waals surface area contributed by atoms with Crippen molar-refractivity contribution >= 4 is 26.8 Å². The van der Waals surface area contributed by atoms with Crippen LogP contribution in [0.15, 0.2) is 18.2 Å². The second kappa shape index (κ2) is 5.73. The van der Waals surface area contributed by atoms with Gasteiger partial charge in [0.15, 0.2) is 0 Å². The first-order chi connectivity index (χ1) is 10.4. The average Bonchev–Trinajstić information content (AvgIpc) is 2.83. The second-order valence-electron chi connectivity index (χ2n) is 5.67. The Morgan fingerprint density at radius 1 is 1.27 bits per heavy atom. The summed E-state index contributed by atoms with van der Waals surface area (Å²) in [5.74, 6) is -0.545. The fourth-order valence-corrected chi connectivity index (χ4v) is 3.34. The monoisotopic (exact) mass is 321 g/mol. The van der Waals surface area contributed by atoms with E-state index in [-0.39, 0.29) is 18.2 Å². The molecule has 0 spiro atoms. The molecule has 1 amide bonds. The molecule has 0 saturated carbocycles.